The van der Waals surface area contributed by atoms with Crippen molar-refractivity contribution in [2.45, 2.75) is 84.3 Å². The summed E-state index contributed by atoms with van der Waals surface area (Å²) in [5, 5.41) is 10.2. The standard InChI is InChI=1S/C25H41NO3/c1-16(29-23(28)15-26(4)5)20-8-9-21-19-7-6-17-14-18(27)10-12-24(17,2)22(19)11-13-25(20,21)3/h6,16,18-22,27H,7-15H2,1-5H3/t16-,18-,19-,20+,21-,22-,24-,25+/m0/s1. The second-order valence-corrected chi connectivity index (χ2v) is 11.3. The summed E-state index contributed by atoms with van der Waals surface area (Å²) in [6, 6.07) is 0. The van der Waals surface area contributed by atoms with Gasteiger partial charge < -0.3 is 9.84 Å². The molecule has 0 aliphatic heterocycles. The van der Waals surface area contributed by atoms with E-state index in [0.717, 1.165) is 37.0 Å². The van der Waals surface area contributed by atoms with Gasteiger partial charge in [0.15, 0.2) is 0 Å². The van der Waals surface area contributed by atoms with Gasteiger partial charge in [0, 0.05) is 5.92 Å². The average Bonchev–Trinajstić information content (AvgIpc) is 2.99. The van der Waals surface area contributed by atoms with Gasteiger partial charge in [-0.25, -0.2) is 0 Å². The van der Waals surface area contributed by atoms with Crippen LogP contribution in [0.4, 0.5) is 0 Å². The van der Waals surface area contributed by atoms with Crippen molar-refractivity contribution in [2.24, 2.45) is 34.5 Å². The Labute approximate surface area is 177 Å². The second-order valence-electron chi connectivity index (χ2n) is 11.3. The predicted octanol–water partition coefficient (Wildman–Crippen LogP) is 4.42. The van der Waals surface area contributed by atoms with E-state index in [1.165, 1.54) is 32.1 Å². The minimum absolute atomic E-state index is 0.00380. The molecule has 4 aliphatic carbocycles. The molecule has 8 atom stereocenters. The maximum absolute atomic E-state index is 12.2. The highest BCUT2D eigenvalue weighted by molar-refractivity contribution is 5.71. The third kappa shape index (κ3) is 3.59. The molecule has 0 radical (unpaired) electrons. The molecule has 3 saturated carbocycles. The van der Waals surface area contributed by atoms with Crippen LogP contribution < -0.4 is 0 Å². The average molecular weight is 404 g/mol. The number of hydrogen-bond acceptors (Lipinski definition) is 4. The van der Waals surface area contributed by atoms with Crippen molar-refractivity contribution in [1.82, 2.24) is 4.90 Å². The van der Waals surface area contributed by atoms with Crippen molar-refractivity contribution >= 4 is 5.97 Å². The van der Waals surface area contributed by atoms with Crippen LogP contribution in [-0.2, 0) is 9.53 Å². The Morgan fingerprint density at radius 1 is 1.21 bits per heavy atom. The SMILES string of the molecule is C[C@H](OC(=O)CN(C)C)[C@H]1CC[C@H]2[C@@H]3CC=C4C[C@@H](O)CC[C@]4(C)[C@H]3CC[C@]12C. The number of hydrogen-bond donors (Lipinski definition) is 1. The Kier molecular flexibility index (Phi) is 5.65. The summed E-state index contributed by atoms with van der Waals surface area (Å²) < 4.78 is 5.89. The summed E-state index contributed by atoms with van der Waals surface area (Å²) in [6.07, 6.45) is 11.6. The number of rotatable bonds is 4. The third-order valence-corrected chi connectivity index (χ3v) is 9.48. The van der Waals surface area contributed by atoms with E-state index in [2.05, 4.69) is 26.8 Å². The first kappa shape index (κ1) is 21.4. The highest BCUT2D eigenvalue weighted by Crippen LogP contribution is 2.66. The summed E-state index contributed by atoms with van der Waals surface area (Å²) in [4.78, 5) is 14.1. The van der Waals surface area contributed by atoms with Crippen molar-refractivity contribution in [1.29, 1.82) is 0 Å². The Morgan fingerprint density at radius 3 is 2.69 bits per heavy atom. The van der Waals surface area contributed by atoms with E-state index in [0.29, 0.717) is 17.9 Å². The summed E-state index contributed by atoms with van der Waals surface area (Å²) >= 11 is 0. The van der Waals surface area contributed by atoms with Crippen molar-refractivity contribution in [3.8, 4) is 0 Å². The Hall–Kier alpha value is -0.870. The molecule has 4 nitrogen and oxygen atoms in total. The van der Waals surface area contributed by atoms with Gasteiger partial charge in [-0.2, -0.15) is 0 Å². The van der Waals surface area contributed by atoms with Gasteiger partial charge in [-0.15, -0.1) is 0 Å². The van der Waals surface area contributed by atoms with E-state index in [-0.39, 0.29) is 23.6 Å². The van der Waals surface area contributed by atoms with Crippen molar-refractivity contribution in [3.63, 3.8) is 0 Å². The lowest BCUT2D eigenvalue weighted by atomic mass is 9.47. The quantitative estimate of drug-likeness (QED) is 0.558. The zero-order chi connectivity index (χ0) is 21.0. The van der Waals surface area contributed by atoms with Crippen LogP contribution >= 0.6 is 0 Å². The molecule has 4 rings (SSSR count). The first-order valence-corrected chi connectivity index (χ1v) is 11.9. The molecule has 3 fully saturated rings. The lowest BCUT2D eigenvalue weighted by Gasteiger charge is -2.58. The fourth-order valence-corrected chi connectivity index (χ4v) is 8.04. The number of likely N-dealkylation sites (N-methyl/N-ethyl adjacent to an activating group) is 1. The van der Waals surface area contributed by atoms with Crippen LogP contribution in [0.1, 0.15) is 72.1 Å². The normalized spacial score (nSPS) is 45.1. The highest BCUT2D eigenvalue weighted by Gasteiger charge is 2.59. The summed E-state index contributed by atoms with van der Waals surface area (Å²) in [6.45, 7) is 7.47. The minimum Gasteiger partial charge on any atom is -0.461 e. The molecule has 0 aromatic carbocycles. The van der Waals surface area contributed by atoms with Gasteiger partial charge in [0.1, 0.15) is 6.10 Å². The van der Waals surface area contributed by atoms with Gasteiger partial charge in [-0.1, -0.05) is 25.5 Å². The summed E-state index contributed by atoms with van der Waals surface area (Å²) in [5.74, 6) is 2.64. The van der Waals surface area contributed by atoms with Crippen molar-refractivity contribution < 1.29 is 14.6 Å². The number of carbonyl (C=O) groups excluding carboxylic acids is 1. The lowest BCUT2D eigenvalue weighted by molar-refractivity contribution is -0.155. The molecule has 164 valence electrons. The van der Waals surface area contributed by atoms with Crippen LogP contribution in [-0.4, -0.2) is 48.8 Å². The first-order chi connectivity index (χ1) is 13.6. The number of ether oxygens (including phenoxy) is 1. The molecule has 4 heteroatoms. The minimum atomic E-state index is -0.131. The van der Waals surface area contributed by atoms with E-state index in [1.54, 1.807) is 5.57 Å². The molecule has 0 unspecified atom stereocenters. The fourth-order valence-electron chi connectivity index (χ4n) is 8.04. The van der Waals surface area contributed by atoms with Gasteiger partial charge >= 0.3 is 5.97 Å². The topological polar surface area (TPSA) is 49.8 Å². The molecular formula is C25H41NO3. The van der Waals surface area contributed by atoms with Crippen LogP contribution in [0.5, 0.6) is 0 Å². The van der Waals surface area contributed by atoms with Crippen molar-refractivity contribution in [2.75, 3.05) is 20.6 Å². The van der Waals surface area contributed by atoms with Crippen molar-refractivity contribution in [3.05, 3.63) is 11.6 Å². The summed E-state index contributed by atoms with van der Waals surface area (Å²) in [5.41, 5.74) is 2.13. The first-order valence-electron chi connectivity index (χ1n) is 11.9. The van der Waals surface area contributed by atoms with Crippen LogP contribution in [0.3, 0.4) is 0 Å². The maximum atomic E-state index is 12.2. The van der Waals surface area contributed by atoms with Gasteiger partial charge in [0.05, 0.1) is 12.6 Å². The van der Waals surface area contributed by atoms with Crippen LogP contribution in [0, 0.1) is 34.5 Å². The molecule has 0 aromatic heterocycles. The number of allylic oxidation sites excluding steroid dienone is 1. The number of carbonyl (C=O) groups is 1. The summed E-state index contributed by atoms with van der Waals surface area (Å²) in [7, 11) is 3.83. The number of esters is 1. The molecule has 4 aliphatic rings. The maximum Gasteiger partial charge on any atom is 0.320 e. The molecule has 0 bridgehead atoms. The van der Waals surface area contributed by atoms with E-state index in [9.17, 15) is 9.90 Å². The molecule has 1 N–H and O–H groups in total. The van der Waals surface area contributed by atoms with Crippen LogP contribution in [0.2, 0.25) is 0 Å². The molecule has 0 heterocycles. The van der Waals surface area contributed by atoms with E-state index >= 15 is 0 Å². The van der Waals surface area contributed by atoms with E-state index in [1.807, 2.05) is 19.0 Å². The molecule has 0 spiro atoms. The highest BCUT2D eigenvalue weighted by atomic mass is 16.5. The zero-order valence-corrected chi connectivity index (χ0v) is 19.1. The number of nitrogens with zero attached hydrogens (tertiary/aromatic N) is 1. The van der Waals surface area contributed by atoms with Gasteiger partial charge in [-0.05, 0) is 101 Å². The Bertz CT molecular complexity index is 673. The molecule has 0 saturated heterocycles. The predicted molar refractivity (Wildman–Crippen MR) is 115 cm³/mol. The fraction of sp³-hybridized carbons (Fsp3) is 0.880. The molecule has 0 amide bonds. The lowest BCUT2D eigenvalue weighted by Crippen LogP contribution is -2.51. The Morgan fingerprint density at radius 2 is 1.97 bits per heavy atom. The molecule has 29 heavy (non-hydrogen) atoms. The van der Waals surface area contributed by atoms with Gasteiger partial charge in [0.25, 0.3) is 0 Å². The Balaban J connectivity index is 1.51. The number of aliphatic hydroxyl groups excluding tert-OH is 1. The van der Waals surface area contributed by atoms with E-state index in [4.69, 9.17) is 4.74 Å². The molecular weight excluding hydrogens is 362 g/mol. The van der Waals surface area contributed by atoms with Crippen LogP contribution in [0.15, 0.2) is 11.6 Å². The monoisotopic (exact) mass is 403 g/mol. The largest absolute Gasteiger partial charge is 0.461 e. The smallest absolute Gasteiger partial charge is 0.320 e. The van der Waals surface area contributed by atoms with Gasteiger partial charge in [0.2, 0.25) is 0 Å². The van der Waals surface area contributed by atoms with Crippen LogP contribution in [0.25, 0.3) is 0 Å². The third-order valence-electron chi connectivity index (χ3n) is 9.48. The second kappa shape index (κ2) is 7.67. The number of aliphatic hydroxyl groups is 1. The zero-order valence-electron chi connectivity index (χ0n) is 19.1. The molecule has 0 aromatic rings. The number of fused-ring (bicyclic) bond motifs is 5. The van der Waals surface area contributed by atoms with E-state index < -0.39 is 0 Å². The van der Waals surface area contributed by atoms with Gasteiger partial charge in [-0.3, -0.25) is 9.69 Å².